The van der Waals surface area contributed by atoms with Gasteiger partial charge in [-0.05, 0) is 37.1 Å². The van der Waals surface area contributed by atoms with Gasteiger partial charge in [0, 0.05) is 41.9 Å². The van der Waals surface area contributed by atoms with Crippen LogP contribution < -0.4 is 10.1 Å². The Morgan fingerprint density at radius 3 is 2.70 bits per heavy atom. The third kappa shape index (κ3) is 5.20. The minimum atomic E-state index is -0.456. The van der Waals surface area contributed by atoms with Crippen molar-refractivity contribution in [2.45, 2.75) is 19.4 Å². The lowest BCUT2D eigenvalue weighted by Gasteiger charge is -2.19. The molecule has 142 valence electrons. The highest BCUT2D eigenvalue weighted by Gasteiger charge is 2.29. The van der Waals surface area contributed by atoms with E-state index in [-0.39, 0.29) is 41.5 Å². The topological polar surface area (TPSA) is 58.6 Å². The average Bonchev–Trinajstić information content (AvgIpc) is 3.48. The van der Waals surface area contributed by atoms with E-state index in [1.165, 1.54) is 17.0 Å². The zero-order valence-electron chi connectivity index (χ0n) is 14.9. The maximum Gasteiger partial charge on any atom is 0.260 e. The fourth-order valence-corrected chi connectivity index (χ4v) is 2.74. The molecule has 0 bridgehead atoms. The predicted molar refractivity (Wildman–Crippen MR) is 101 cm³/mol. The lowest BCUT2D eigenvalue weighted by atomic mass is 10.2. The lowest BCUT2D eigenvalue weighted by Crippen LogP contribution is -2.31. The molecule has 1 saturated carbocycles. The number of hydrogen-bond donors (Lipinski definition) is 1. The van der Waals surface area contributed by atoms with Gasteiger partial charge in [0.05, 0.1) is 0 Å². The number of hydrogen-bond acceptors (Lipinski definition) is 3. The molecule has 0 radical (unpaired) electrons. The summed E-state index contributed by atoms with van der Waals surface area (Å²) < 4.78 is 19.4. The third-order valence-electron chi connectivity index (χ3n) is 4.29. The number of carbonyl (C=O) groups excluding carboxylic acids is 2. The Kier molecular flexibility index (Phi) is 5.96. The molecule has 1 aliphatic rings. The molecule has 2 aromatic carbocycles. The number of ether oxygens (including phenoxy) is 1. The van der Waals surface area contributed by atoms with Crippen LogP contribution in [0.1, 0.15) is 18.4 Å². The number of rotatable bonds is 7. The molecule has 1 N–H and O–H groups in total. The molecular formula is C20H20ClFN2O3. The summed E-state index contributed by atoms with van der Waals surface area (Å²) in [6.45, 7) is -0.159. The van der Waals surface area contributed by atoms with Crippen LogP contribution >= 0.6 is 11.6 Å². The van der Waals surface area contributed by atoms with Crippen molar-refractivity contribution in [3.8, 4) is 5.75 Å². The molecule has 1 aliphatic carbocycles. The van der Waals surface area contributed by atoms with E-state index in [9.17, 15) is 14.0 Å². The monoisotopic (exact) mass is 390 g/mol. The first-order chi connectivity index (χ1) is 12.9. The minimum absolute atomic E-state index is 0.00438. The molecule has 2 aromatic rings. The van der Waals surface area contributed by atoms with Crippen LogP contribution in [0, 0.1) is 11.7 Å². The Labute approximate surface area is 162 Å². The second-order valence-corrected chi connectivity index (χ2v) is 6.94. The molecular weight excluding hydrogens is 371 g/mol. The van der Waals surface area contributed by atoms with Crippen LogP contribution in [0.3, 0.4) is 0 Å². The Morgan fingerprint density at radius 1 is 1.26 bits per heavy atom. The Hall–Kier alpha value is -2.60. The maximum atomic E-state index is 13.8. The number of amides is 2. The summed E-state index contributed by atoms with van der Waals surface area (Å²) in [7, 11) is 1.56. The van der Waals surface area contributed by atoms with Gasteiger partial charge in [0.2, 0.25) is 5.91 Å². The number of carbonyl (C=O) groups is 2. The molecule has 0 heterocycles. The van der Waals surface area contributed by atoms with E-state index in [0.717, 1.165) is 12.8 Å². The van der Waals surface area contributed by atoms with Gasteiger partial charge in [0.25, 0.3) is 5.91 Å². The zero-order chi connectivity index (χ0) is 19.4. The van der Waals surface area contributed by atoms with Gasteiger partial charge in [-0.2, -0.15) is 0 Å². The van der Waals surface area contributed by atoms with Crippen molar-refractivity contribution in [2.75, 3.05) is 19.0 Å². The Morgan fingerprint density at radius 2 is 2.00 bits per heavy atom. The number of likely N-dealkylation sites (N-methyl/N-ethyl adjacent to an activating group) is 1. The smallest absolute Gasteiger partial charge is 0.260 e. The number of benzene rings is 2. The highest BCUT2D eigenvalue weighted by Crippen LogP contribution is 2.30. The summed E-state index contributed by atoms with van der Waals surface area (Å²) in [5.41, 5.74) is 0.892. The van der Waals surface area contributed by atoms with E-state index in [0.29, 0.717) is 11.4 Å². The molecule has 7 heteroatoms. The molecule has 0 atom stereocenters. The summed E-state index contributed by atoms with van der Waals surface area (Å²) in [6, 6.07) is 11.3. The average molecular weight is 391 g/mol. The summed E-state index contributed by atoms with van der Waals surface area (Å²) in [5, 5.41) is 3.10. The van der Waals surface area contributed by atoms with Crippen molar-refractivity contribution >= 4 is 29.1 Å². The highest BCUT2D eigenvalue weighted by atomic mass is 35.5. The van der Waals surface area contributed by atoms with E-state index < -0.39 is 5.82 Å². The van der Waals surface area contributed by atoms with Crippen LogP contribution in [0.25, 0.3) is 0 Å². The first-order valence-electron chi connectivity index (χ1n) is 8.64. The van der Waals surface area contributed by atoms with Crippen molar-refractivity contribution in [2.24, 2.45) is 5.92 Å². The van der Waals surface area contributed by atoms with Crippen molar-refractivity contribution in [1.29, 1.82) is 0 Å². The second kappa shape index (κ2) is 8.39. The van der Waals surface area contributed by atoms with Crippen molar-refractivity contribution < 1.29 is 18.7 Å². The van der Waals surface area contributed by atoms with E-state index in [2.05, 4.69) is 5.32 Å². The first kappa shape index (κ1) is 19.2. The summed E-state index contributed by atoms with van der Waals surface area (Å²) >= 11 is 5.99. The maximum absolute atomic E-state index is 13.8. The van der Waals surface area contributed by atoms with Gasteiger partial charge < -0.3 is 15.0 Å². The molecule has 27 heavy (non-hydrogen) atoms. The van der Waals surface area contributed by atoms with Crippen LogP contribution in [0.15, 0.2) is 42.5 Å². The molecule has 0 saturated heterocycles. The normalized spacial score (nSPS) is 13.1. The fourth-order valence-electron chi connectivity index (χ4n) is 2.52. The van der Waals surface area contributed by atoms with Gasteiger partial charge in [-0.1, -0.05) is 23.7 Å². The van der Waals surface area contributed by atoms with E-state index in [4.69, 9.17) is 16.3 Å². The van der Waals surface area contributed by atoms with Gasteiger partial charge in [-0.3, -0.25) is 9.59 Å². The van der Waals surface area contributed by atoms with Gasteiger partial charge >= 0.3 is 0 Å². The van der Waals surface area contributed by atoms with Gasteiger partial charge in [0.15, 0.2) is 6.61 Å². The van der Waals surface area contributed by atoms with E-state index in [1.54, 1.807) is 37.4 Å². The molecule has 1 fully saturated rings. The molecule has 0 unspecified atom stereocenters. The van der Waals surface area contributed by atoms with Gasteiger partial charge in [-0.15, -0.1) is 0 Å². The number of nitrogens with zero attached hydrogens (tertiary/aromatic N) is 1. The largest absolute Gasteiger partial charge is 0.484 e. The fraction of sp³-hybridized carbons (Fsp3) is 0.300. The second-order valence-electron chi connectivity index (χ2n) is 6.53. The number of halogens is 2. The number of nitrogens with one attached hydrogen (secondary N) is 1. The first-order valence-corrected chi connectivity index (χ1v) is 9.02. The van der Waals surface area contributed by atoms with Crippen molar-refractivity contribution in [1.82, 2.24) is 4.90 Å². The highest BCUT2D eigenvalue weighted by molar-refractivity contribution is 6.31. The van der Waals surface area contributed by atoms with Crippen molar-refractivity contribution in [3.63, 3.8) is 0 Å². The van der Waals surface area contributed by atoms with E-state index >= 15 is 0 Å². The third-order valence-corrected chi connectivity index (χ3v) is 4.65. The SMILES string of the molecule is CN(Cc1c(F)cccc1Cl)C(=O)COc1cccc(NC(=O)C2CC2)c1. The van der Waals surface area contributed by atoms with Crippen LogP contribution in [-0.2, 0) is 16.1 Å². The standard InChI is InChI=1S/C20H20ClFN2O3/c1-24(11-16-17(21)6-3-7-18(16)22)19(25)12-27-15-5-2-4-14(10-15)23-20(26)13-8-9-13/h2-7,10,13H,8-9,11-12H2,1H3,(H,23,26). The van der Waals surface area contributed by atoms with Crippen LogP contribution in [0.4, 0.5) is 10.1 Å². The Balaban J connectivity index is 1.54. The van der Waals surface area contributed by atoms with Crippen LogP contribution in [-0.4, -0.2) is 30.4 Å². The zero-order valence-corrected chi connectivity index (χ0v) is 15.6. The molecule has 5 nitrogen and oxygen atoms in total. The quantitative estimate of drug-likeness (QED) is 0.780. The Bertz CT molecular complexity index is 835. The summed E-state index contributed by atoms with van der Waals surface area (Å²) in [4.78, 5) is 25.4. The van der Waals surface area contributed by atoms with Crippen LogP contribution in [0.5, 0.6) is 5.75 Å². The van der Waals surface area contributed by atoms with Gasteiger partial charge in [0.1, 0.15) is 11.6 Å². The summed E-state index contributed by atoms with van der Waals surface area (Å²) in [6.07, 6.45) is 1.85. The van der Waals surface area contributed by atoms with Gasteiger partial charge in [-0.25, -0.2) is 4.39 Å². The molecule has 0 spiro atoms. The molecule has 2 amide bonds. The predicted octanol–water partition coefficient (Wildman–Crippen LogP) is 3.87. The minimum Gasteiger partial charge on any atom is -0.484 e. The molecule has 0 aromatic heterocycles. The number of anilines is 1. The van der Waals surface area contributed by atoms with E-state index in [1.807, 2.05) is 0 Å². The molecule has 0 aliphatic heterocycles. The lowest BCUT2D eigenvalue weighted by molar-refractivity contribution is -0.132. The van der Waals surface area contributed by atoms with Crippen molar-refractivity contribution in [3.05, 3.63) is 58.9 Å². The molecule has 3 rings (SSSR count). The van der Waals surface area contributed by atoms with Crippen LogP contribution in [0.2, 0.25) is 5.02 Å². The summed E-state index contributed by atoms with van der Waals surface area (Å²) in [5.74, 6) is -0.196.